The Morgan fingerprint density at radius 2 is 1.80 bits per heavy atom. The van der Waals surface area contributed by atoms with E-state index in [-0.39, 0.29) is 17.9 Å². The van der Waals surface area contributed by atoms with Gasteiger partial charge < -0.3 is 5.32 Å². The molecule has 15 heavy (non-hydrogen) atoms. The van der Waals surface area contributed by atoms with E-state index < -0.39 is 0 Å². The SMILES string of the molecule is CC(C)NC(=O)C[C@@H](C)c1ccccc1. The third kappa shape index (κ3) is 4.15. The van der Waals surface area contributed by atoms with Gasteiger partial charge in [-0.05, 0) is 25.3 Å². The minimum Gasteiger partial charge on any atom is -0.354 e. The molecule has 2 nitrogen and oxygen atoms in total. The van der Waals surface area contributed by atoms with Gasteiger partial charge in [0.25, 0.3) is 0 Å². The van der Waals surface area contributed by atoms with Crippen LogP contribution in [0.25, 0.3) is 0 Å². The third-order valence-corrected chi connectivity index (χ3v) is 2.31. The van der Waals surface area contributed by atoms with E-state index >= 15 is 0 Å². The Labute approximate surface area is 91.7 Å². The van der Waals surface area contributed by atoms with Crippen molar-refractivity contribution in [2.75, 3.05) is 0 Å². The first-order valence-corrected chi connectivity index (χ1v) is 5.44. The minimum atomic E-state index is 0.126. The lowest BCUT2D eigenvalue weighted by Crippen LogP contribution is -2.30. The highest BCUT2D eigenvalue weighted by Crippen LogP contribution is 2.17. The van der Waals surface area contributed by atoms with Gasteiger partial charge in [-0.2, -0.15) is 0 Å². The molecule has 0 radical (unpaired) electrons. The van der Waals surface area contributed by atoms with Crippen molar-refractivity contribution in [1.29, 1.82) is 0 Å². The van der Waals surface area contributed by atoms with Gasteiger partial charge in [-0.3, -0.25) is 4.79 Å². The van der Waals surface area contributed by atoms with Crippen molar-refractivity contribution in [1.82, 2.24) is 5.32 Å². The largest absolute Gasteiger partial charge is 0.354 e. The van der Waals surface area contributed by atoms with E-state index in [2.05, 4.69) is 24.4 Å². The van der Waals surface area contributed by atoms with Crippen molar-refractivity contribution >= 4 is 5.91 Å². The van der Waals surface area contributed by atoms with Crippen molar-refractivity contribution in [3.63, 3.8) is 0 Å². The Balaban J connectivity index is 2.49. The number of rotatable bonds is 4. The van der Waals surface area contributed by atoms with Crippen LogP contribution in [-0.2, 0) is 4.79 Å². The Kier molecular flexibility index (Phi) is 4.35. The summed E-state index contributed by atoms with van der Waals surface area (Å²) in [5.41, 5.74) is 1.22. The highest BCUT2D eigenvalue weighted by Gasteiger charge is 2.11. The van der Waals surface area contributed by atoms with Crippen LogP contribution in [0.5, 0.6) is 0 Å². The summed E-state index contributed by atoms with van der Waals surface area (Å²) in [5.74, 6) is 0.409. The quantitative estimate of drug-likeness (QED) is 0.804. The fourth-order valence-corrected chi connectivity index (χ4v) is 1.56. The van der Waals surface area contributed by atoms with Crippen LogP contribution in [0.4, 0.5) is 0 Å². The molecule has 82 valence electrons. The fourth-order valence-electron chi connectivity index (χ4n) is 1.56. The van der Waals surface area contributed by atoms with Gasteiger partial charge >= 0.3 is 0 Å². The fraction of sp³-hybridized carbons (Fsp3) is 0.462. The highest BCUT2D eigenvalue weighted by atomic mass is 16.1. The van der Waals surface area contributed by atoms with Gasteiger partial charge in [-0.1, -0.05) is 37.3 Å². The minimum absolute atomic E-state index is 0.126. The van der Waals surface area contributed by atoms with Crippen molar-refractivity contribution < 1.29 is 4.79 Å². The predicted octanol–water partition coefficient (Wildman–Crippen LogP) is 2.70. The number of benzene rings is 1. The van der Waals surface area contributed by atoms with Gasteiger partial charge in [0.1, 0.15) is 0 Å². The first-order chi connectivity index (χ1) is 7.09. The number of hydrogen-bond donors (Lipinski definition) is 1. The van der Waals surface area contributed by atoms with Gasteiger partial charge in [0.05, 0.1) is 0 Å². The molecule has 1 amide bonds. The summed E-state index contributed by atoms with van der Waals surface area (Å²) in [6.07, 6.45) is 0.558. The Morgan fingerprint density at radius 3 is 2.33 bits per heavy atom. The van der Waals surface area contributed by atoms with Crippen molar-refractivity contribution in [2.45, 2.75) is 39.2 Å². The summed E-state index contributed by atoms with van der Waals surface area (Å²) >= 11 is 0. The molecule has 1 aromatic rings. The van der Waals surface area contributed by atoms with Crippen LogP contribution in [0.1, 0.15) is 38.7 Å². The molecule has 0 aliphatic heterocycles. The highest BCUT2D eigenvalue weighted by molar-refractivity contribution is 5.77. The number of carbonyl (C=O) groups is 1. The lowest BCUT2D eigenvalue weighted by molar-refractivity contribution is -0.121. The van der Waals surface area contributed by atoms with Crippen molar-refractivity contribution in [3.05, 3.63) is 35.9 Å². The molecule has 2 heteroatoms. The van der Waals surface area contributed by atoms with E-state index in [9.17, 15) is 4.79 Å². The summed E-state index contributed by atoms with van der Waals surface area (Å²) in [6, 6.07) is 10.4. The second-order valence-electron chi connectivity index (χ2n) is 4.24. The summed E-state index contributed by atoms with van der Waals surface area (Å²) in [4.78, 5) is 11.5. The molecule has 0 saturated heterocycles. The number of nitrogens with one attached hydrogen (secondary N) is 1. The number of amides is 1. The summed E-state index contributed by atoms with van der Waals surface area (Å²) in [7, 11) is 0. The zero-order valence-electron chi connectivity index (χ0n) is 9.66. The molecule has 0 aromatic heterocycles. The molecule has 1 aromatic carbocycles. The molecule has 1 N–H and O–H groups in total. The van der Waals surface area contributed by atoms with E-state index in [0.717, 1.165) is 0 Å². The summed E-state index contributed by atoms with van der Waals surface area (Å²) < 4.78 is 0. The maximum absolute atomic E-state index is 11.5. The normalized spacial score (nSPS) is 12.5. The van der Waals surface area contributed by atoms with Crippen molar-refractivity contribution in [2.24, 2.45) is 0 Å². The Morgan fingerprint density at radius 1 is 1.20 bits per heavy atom. The van der Waals surface area contributed by atoms with Gasteiger partial charge in [0.15, 0.2) is 0 Å². The molecule has 0 fully saturated rings. The van der Waals surface area contributed by atoms with E-state index in [1.54, 1.807) is 0 Å². The van der Waals surface area contributed by atoms with E-state index in [0.29, 0.717) is 6.42 Å². The average Bonchev–Trinajstić information content (AvgIpc) is 2.17. The standard InChI is InChI=1S/C13H19NO/c1-10(2)14-13(15)9-11(3)12-7-5-4-6-8-12/h4-8,10-11H,9H2,1-3H3,(H,14,15)/t11-/m1/s1. The summed E-state index contributed by atoms with van der Waals surface area (Å²) in [5, 5.41) is 2.90. The summed E-state index contributed by atoms with van der Waals surface area (Å²) in [6.45, 7) is 6.03. The molecule has 0 heterocycles. The zero-order valence-corrected chi connectivity index (χ0v) is 9.66. The molecule has 1 atom stereocenters. The molecular formula is C13H19NO. The Hall–Kier alpha value is -1.31. The van der Waals surface area contributed by atoms with E-state index in [4.69, 9.17) is 0 Å². The second-order valence-corrected chi connectivity index (χ2v) is 4.24. The van der Waals surface area contributed by atoms with Crippen LogP contribution in [0, 0.1) is 0 Å². The second kappa shape index (κ2) is 5.54. The van der Waals surface area contributed by atoms with E-state index in [1.165, 1.54) is 5.56 Å². The van der Waals surface area contributed by atoms with Crippen LogP contribution >= 0.6 is 0 Å². The molecule has 1 rings (SSSR count). The maximum Gasteiger partial charge on any atom is 0.220 e. The van der Waals surface area contributed by atoms with Gasteiger partial charge in [-0.25, -0.2) is 0 Å². The molecule has 0 aliphatic rings. The lowest BCUT2D eigenvalue weighted by Gasteiger charge is -2.13. The van der Waals surface area contributed by atoms with E-state index in [1.807, 2.05) is 32.0 Å². The third-order valence-electron chi connectivity index (χ3n) is 2.31. The monoisotopic (exact) mass is 205 g/mol. The van der Waals surface area contributed by atoms with Gasteiger partial charge in [0, 0.05) is 12.5 Å². The smallest absolute Gasteiger partial charge is 0.220 e. The number of hydrogen-bond acceptors (Lipinski definition) is 1. The molecule has 0 aliphatic carbocycles. The van der Waals surface area contributed by atoms with Crippen LogP contribution in [0.2, 0.25) is 0 Å². The van der Waals surface area contributed by atoms with Gasteiger partial charge in [-0.15, -0.1) is 0 Å². The van der Waals surface area contributed by atoms with Crippen LogP contribution < -0.4 is 5.32 Å². The molecular weight excluding hydrogens is 186 g/mol. The zero-order chi connectivity index (χ0) is 11.3. The molecule has 0 bridgehead atoms. The van der Waals surface area contributed by atoms with Gasteiger partial charge in [0.2, 0.25) is 5.91 Å². The number of carbonyl (C=O) groups excluding carboxylic acids is 1. The molecule has 0 saturated carbocycles. The van der Waals surface area contributed by atoms with Crippen molar-refractivity contribution in [3.8, 4) is 0 Å². The van der Waals surface area contributed by atoms with Crippen LogP contribution in [-0.4, -0.2) is 11.9 Å². The van der Waals surface area contributed by atoms with Crippen LogP contribution in [0.15, 0.2) is 30.3 Å². The topological polar surface area (TPSA) is 29.1 Å². The first kappa shape index (κ1) is 11.8. The lowest BCUT2D eigenvalue weighted by atomic mass is 9.97. The van der Waals surface area contributed by atoms with Crippen LogP contribution in [0.3, 0.4) is 0 Å². The Bertz CT molecular complexity index is 306. The first-order valence-electron chi connectivity index (χ1n) is 5.44. The predicted molar refractivity (Wildman–Crippen MR) is 62.8 cm³/mol. The average molecular weight is 205 g/mol. The molecule has 0 unspecified atom stereocenters. The molecule has 0 spiro atoms. The maximum atomic E-state index is 11.5.